The molecule has 4 saturated carbocycles. The molecule has 3 aromatic rings. The summed E-state index contributed by atoms with van der Waals surface area (Å²) in [5.41, 5.74) is 0.441. The van der Waals surface area contributed by atoms with Crippen LogP contribution in [0.4, 0.5) is 34.1 Å². The van der Waals surface area contributed by atoms with E-state index in [9.17, 15) is 23.2 Å². The van der Waals surface area contributed by atoms with Crippen molar-refractivity contribution in [3.05, 3.63) is 35.4 Å². The van der Waals surface area contributed by atoms with Crippen LogP contribution in [0.25, 0.3) is 5.65 Å². The van der Waals surface area contributed by atoms with Crippen LogP contribution >= 0.6 is 0 Å². The number of H-pyrrole nitrogens is 1. The molecule has 15 heteroatoms. The van der Waals surface area contributed by atoms with Crippen molar-refractivity contribution in [1.82, 2.24) is 29.9 Å². The number of hydrogen-bond acceptors (Lipinski definition) is 8. The van der Waals surface area contributed by atoms with Crippen LogP contribution in [0.1, 0.15) is 55.1 Å². The molecule has 0 aromatic carbocycles. The van der Waals surface area contributed by atoms with Gasteiger partial charge in [0.1, 0.15) is 29.7 Å². The van der Waals surface area contributed by atoms with Crippen LogP contribution in [0.2, 0.25) is 0 Å². The summed E-state index contributed by atoms with van der Waals surface area (Å²) in [6.07, 6.45) is -2.75. The third-order valence-electron chi connectivity index (χ3n) is 7.40. The minimum absolute atomic E-state index is 0.0265. The molecule has 4 aliphatic rings. The first kappa shape index (κ1) is 24.4. The number of ether oxygens (including phenoxy) is 2. The molecule has 0 spiro atoms. The Bertz CT molecular complexity index is 1410. The summed E-state index contributed by atoms with van der Waals surface area (Å²) >= 11 is 0. The van der Waals surface area contributed by atoms with Crippen molar-refractivity contribution >= 4 is 23.5 Å². The van der Waals surface area contributed by atoms with E-state index in [0.29, 0.717) is 24.5 Å². The van der Waals surface area contributed by atoms with Gasteiger partial charge in [0.15, 0.2) is 5.82 Å². The van der Waals surface area contributed by atoms with Gasteiger partial charge in [-0.05, 0) is 38.0 Å². The molecule has 0 saturated heterocycles. The Hall–Kier alpha value is -3.93. The summed E-state index contributed by atoms with van der Waals surface area (Å²) in [7, 11) is 0. The lowest BCUT2D eigenvalue weighted by Crippen LogP contribution is -2.68. The predicted molar refractivity (Wildman–Crippen MR) is 121 cm³/mol. The maximum absolute atomic E-state index is 15.2. The van der Waals surface area contributed by atoms with E-state index in [1.165, 1.54) is 16.7 Å². The van der Waals surface area contributed by atoms with E-state index in [4.69, 9.17) is 4.74 Å². The van der Waals surface area contributed by atoms with Crippen LogP contribution in [0, 0.1) is 17.2 Å². The van der Waals surface area contributed by atoms with Crippen molar-refractivity contribution < 1.29 is 31.8 Å². The smallest absolute Gasteiger partial charge is 0.443 e. The number of fused-ring (bicyclic) bond motifs is 1. The number of halogens is 4. The van der Waals surface area contributed by atoms with Crippen molar-refractivity contribution in [3.8, 4) is 6.07 Å². The monoisotopic (exact) mass is 534 g/mol. The van der Waals surface area contributed by atoms with Gasteiger partial charge in [-0.2, -0.15) is 10.4 Å². The maximum Gasteiger partial charge on any atom is 0.522 e. The summed E-state index contributed by atoms with van der Waals surface area (Å²) in [6, 6.07) is 4.75. The van der Waals surface area contributed by atoms with E-state index in [2.05, 4.69) is 35.5 Å². The van der Waals surface area contributed by atoms with Crippen molar-refractivity contribution in [2.24, 2.45) is 5.92 Å². The van der Waals surface area contributed by atoms with E-state index in [-0.39, 0.29) is 34.3 Å². The van der Waals surface area contributed by atoms with Gasteiger partial charge < -0.3 is 15.4 Å². The molecule has 200 valence electrons. The zero-order valence-electron chi connectivity index (χ0n) is 19.8. The standard InChI is InChI=1S/C23H22F4N8O3/c24-19-14(1-2-16(19)38-21(36)32-22-5-11(6-22)7-22)15-4-17(34-33-15)31-20-30-12(8-28)3-18-29-13(9-35(18)20)10-37-23(25,26)27/h3-4,9,11,14,16,19H,1-2,5-7,10H2,(H,32,36)(H2,30,31,33,34)/t11?,14-,16-,19+,22?/m0/s1. The Morgan fingerprint density at radius 1 is 1.26 bits per heavy atom. The van der Waals surface area contributed by atoms with Gasteiger partial charge in [0, 0.05) is 35.5 Å². The fraction of sp³-hybridized carbons (Fsp3) is 0.522. The highest BCUT2D eigenvalue weighted by Crippen LogP contribution is 2.57. The number of nitriles is 1. The van der Waals surface area contributed by atoms with Crippen LogP contribution in [-0.2, 0) is 16.1 Å². The first-order chi connectivity index (χ1) is 18.1. The van der Waals surface area contributed by atoms with Gasteiger partial charge in [-0.3, -0.25) is 14.2 Å². The number of carbonyl (C=O) groups excluding carboxylic acids is 1. The molecular weight excluding hydrogens is 512 g/mol. The lowest BCUT2D eigenvalue weighted by Gasteiger charge is -2.61. The second-order valence-electron chi connectivity index (χ2n) is 10.1. The van der Waals surface area contributed by atoms with Crippen molar-refractivity contribution in [3.63, 3.8) is 0 Å². The molecule has 3 heterocycles. The molecule has 0 radical (unpaired) electrons. The van der Waals surface area contributed by atoms with E-state index in [0.717, 1.165) is 19.3 Å². The Kier molecular flexibility index (Phi) is 5.67. The molecule has 7 rings (SSSR count). The number of alkyl halides is 4. The molecule has 4 fully saturated rings. The second-order valence-corrected chi connectivity index (χ2v) is 10.1. The number of rotatable bonds is 7. The highest BCUT2D eigenvalue weighted by atomic mass is 19.4. The Labute approximate surface area is 212 Å². The molecule has 11 nitrogen and oxygen atoms in total. The number of alkyl carbamates (subject to hydrolysis) is 1. The summed E-state index contributed by atoms with van der Waals surface area (Å²) in [5.74, 6) is 0.418. The highest BCUT2D eigenvalue weighted by molar-refractivity contribution is 5.69. The van der Waals surface area contributed by atoms with Crippen LogP contribution in [-0.4, -0.2) is 54.8 Å². The summed E-state index contributed by atoms with van der Waals surface area (Å²) in [4.78, 5) is 20.4. The van der Waals surface area contributed by atoms with Gasteiger partial charge in [-0.25, -0.2) is 19.2 Å². The predicted octanol–water partition coefficient (Wildman–Crippen LogP) is 3.97. The molecule has 3 atom stereocenters. The number of hydrogen-bond donors (Lipinski definition) is 3. The van der Waals surface area contributed by atoms with Crippen molar-refractivity contribution in [1.29, 1.82) is 5.26 Å². The van der Waals surface area contributed by atoms with E-state index < -0.39 is 37.3 Å². The summed E-state index contributed by atoms with van der Waals surface area (Å²) < 4.78 is 63.0. The number of amides is 1. The Balaban J connectivity index is 1.13. The highest BCUT2D eigenvalue weighted by Gasteiger charge is 2.58. The van der Waals surface area contributed by atoms with Gasteiger partial charge in [0.2, 0.25) is 5.95 Å². The minimum atomic E-state index is -4.82. The zero-order chi connectivity index (χ0) is 26.7. The number of nitrogens with zero attached hydrogens (tertiary/aromatic N) is 5. The van der Waals surface area contributed by atoms with Crippen molar-refractivity contribution in [2.45, 2.75) is 68.8 Å². The molecule has 38 heavy (non-hydrogen) atoms. The first-order valence-electron chi connectivity index (χ1n) is 12.0. The van der Waals surface area contributed by atoms with Crippen LogP contribution in [0.15, 0.2) is 18.3 Å². The van der Waals surface area contributed by atoms with Crippen LogP contribution in [0.5, 0.6) is 0 Å². The lowest BCUT2D eigenvalue weighted by atomic mass is 9.50. The maximum atomic E-state index is 15.2. The summed E-state index contributed by atoms with van der Waals surface area (Å²) in [6.45, 7) is -0.818. The van der Waals surface area contributed by atoms with Gasteiger partial charge in [-0.1, -0.05) is 0 Å². The molecular formula is C23H22F4N8O3. The average molecular weight is 534 g/mol. The number of aromatic nitrogens is 5. The second kappa shape index (κ2) is 8.83. The number of carbonyl (C=O) groups is 1. The Morgan fingerprint density at radius 3 is 2.74 bits per heavy atom. The van der Waals surface area contributed by atoms with Gasteiger partial charge in [0.05, 0.1) is 12.3 Å². The number of aromatic amines is 1. The largest absolute Gasteiger partial charge is 0.522 e. The fourth-order valence-corrected chi connectivity index (χ4v) is 5.50. The molecule has 0 unspecified atom stereocenters. The Morgan fingerprint density at radius 2 is 2.05 bits per heavy atom. The van der Waals surface area contributed by atoms with Gasteiger partial charge in [0.25, 0.3) is 0 Å². The molecule has 0 aliphatic heterocycles. The quantitative estimate of drug-likeness (QED) is 0.387. The van der Waals surface area contributed by atoms with E-state index in [1.807, 2.05) is 6.07 Å². The van der Waals surface area contributed by atoms with Gasteiger partial charge >= 0.3 is 12.5 Å². The summed E-state index contributed by atoms with van der Waals surface area (Å²) in [5, 5.41) is 22.0. The lowest BCUT2D eigenvalue weighted by molar-refractivity contribution is -0.330. The third-order valence-corrected chi connectivity index (χ3v) is 7.40. The number of anilines is 2. The molecule has 3 N–H and O–H groups in total. The average Bonchev–Trinajstić information content (AvgIpc) is 3.53. The fourth-order valence-electron chi connectivity index (χ4n) is 5.50. The number of imidazole rings is 1. The topological polar surface area (TPSA) is 142 Å². The van der Waals surface area contributed by atoms with E-state index in [1.54, 1.807) is 6.07 Å². The molecule has 4 aliphatic carbocycles. The van der Waals surface area contributed by atoms with Crippen molar-refractivity contribution in [2.75, 3.05) is 5.32 Å². The van der Waals surface area contributed by atoms with E-state index >= 15 is 4.39 Å². The zero-order valence-corrected chi connectivity index (χ0v) is 19.8. The minimum Gasteiger partial charge on any atom is -0.443 e. The SMILES string of the molecule is N#Cc1cc2nc(COC(F)(F)F)cn2c(Nc2cc([C@@H]3CC[C@H](OC(=O)NC45CC(C4)C5)[C@@H]3F)[nH]n2)n1. The molecule has 2 bridgehead atoms. The molecule has 3 aromatic heterocycles. The first-order valence-corrected chi connectivity index (χ1v) is 12.0. The van der Waals surface area contributed by atoms with Crippen LogP contribution < -0.4 is 10.6 Å². The van der Waals surface area contributed by atoms with Gasteiger partial charge in [-0.15, -0.1) is 13.2 Å². The normalized spacial score (nSPS) is 27.9. The van der Waals surface area contributed by atoms with Crippen LogP contribution in [0.3, 0.4) is 0 Å². The third kappa shape index (κ3) is 4.60. The number of nitrogens with one attached hydrogen (secondary N) is 3. The molecule has 1 amide bonds.